The molecule has 1 aliphatic rings. The Hall–Kier alpha value is -0.870. The molecule has 1 heterocycles. The molecule has 0 unspecified atom stereocenters. The fourth-order valence-corrected chi connectivity index (χ4v) is 3.99. The monoisotopic (exact) mass is 294 g/mol. The Bertz CT molecular complexity index is 455. The van der Waals surface area contributed by atoms with Gasteiger partial charge in [0.25, 0.3) is 5.91 Å². The highest BCUT2D eigenvalue weighted by Gasteiger charge is 2.24. The maximum absolute atomic E-state index is 12.5. The van der Waals surface area contributed by atoms with Gasteiger partial charge in [-0.25, -0.2) is 0 Å². The van der Waals surface area contributed by atoms with Gasteiger partial charge < -0.3 is 10.6 Å². The highest BCUT2D eigenvalue weighted by molar-refractivity contribution is 7.14. The van der Waals surface area contributed by atoms with E-state index in [0.717, 1.165) is 17.7 Å². The van der Waals surface area contributed by atoms with Crippen molar-refractivity contribution in [1.29, 1.82) is 0 Å². The molecule has 0 saturated carbocycles. The van der Waals surface area contributed by atoms with Crippen LogP contribution in [0.25, 0.3) is 0 Å². The number of nitrogens with two attached hydrogens (primary N) is 1. The second-order valence-electron chi connectivity index (χ2n) is 6.65. The van der Waals surface area contributed by atoms with Crippen molar-refractivity contribution in [3.63, 3.8) is 0 Å². The predicted octanol–water partition coefficient (Wildman–Crippen LogP) is 3.07. The number of carbonyl (C=O) groups excluding carboxylic acids is 1. The van der Waals surface area contributed by atoms with Crippen molar-refractivity contribution >= 4 is 17.2 Å². The number of hydrogen-bond donors (Lipinski definition) is 1. The first-order valence-electron chi connectivity index (χ1n) is 7.50. The van der Waals surface area contributed by atoms with E-state index < -0.39 is 0 Å². The topological polar surface area (TPSA) is 46.3 Å². The van der Waals surface area contributed by atoms with Crippen LogP contribution in [0.15, 0.2) is 6.07 Å². The van der Waals surface area contributed by atoms with E-state index in [-0.39, 0.29) is 11.3 Å². The smallest absolute Gasteiger partial charge is 0.263 e. The van der Waals surface area contributed by atoms with Crippen LogP contribution in [0.2, 0.25) is 0 Å². The average molecular weight is 294 g/mol. The minimum absolute atomic E-state index is 0.0290. The van der Waals surface area contributed by atoms with Gasteiger partial charge in [-0.05, 0) is 49.3 Å². The summed E-state index contributed by atoms with van der Waals surface area (Å²) in [6.45, 7) is 5.48. The minimum Gasteiger partial charge on any atom is -0.340 e. The second-order valence-corrected chi connectivity index (χ2v) is 7.79. The van der Waals surface area contributed by atoms with Crippen molar-refractivity contribution in [2.75, 3.05) is 20.1 Å². The Morgan fingerprint density at radius 3 is 2.75 bits per heavy atom. The number of fused-ring (bicyclic) bond motifs is 1. The third-order valence-corrected chi connectivity index (χ3v) is 5.25. The standard InChI is InChI=1S/C16H26N2OS/c1-16(2,10-17)11-18(3)15(19)14-9-12-7-5-4-6-8-13(12)20-14/h9H,4-8,10-11,17H2,1-3H3. The number of thiophene rings is 1. The van der Waals surface area contributed by atoms with E-state index in [2.05, 4.69) is 19.9 Å². The highest BCUT2D eigenvalue weighted by atomic mass is 32.1. The molecule has 0 aromatic carbocycles. The Balaban J connectivity index is 2.09. The summed E-state index contributed by atoms with van der Waals surface area (Å²) in [5.74, 6) is 0.143. The molecule has 1 aliphatic carbocycles. The number of nitrogens with zero attached hydrogens (tertiary/aromatic N) is 1. The van der Waals surface area contributed by atoms with Crippen LogP contribution < -0.4 is 5.73 Å². The first kappa shape index (κ1) is 15.5. The summed E-state index contributed by atoms with van der Waals surface area (Å²) in [6.07, 6.45) is 6.11. The van der Waals surface area contributed by atoms with E-state index in [1.807, 2.05) is 11.9 Å². The molecule has 0 radical (unpaired) electrons. The van der Waals surface area contributed by atoms with E-state index in [1.54, 1.807) is 11.3 Å². The zero-order valence-electron chi connectivity index (χ0n) is 12.9. The van der Waals surface area contributed by atoms with Gasteiger partial charge in [0.2, 0.25) is 0 Å². The molecule has 2 N–H and O–H groups in total. The van der Waals surface area contributed by atoms with E-state index in [0.29, 0.717) is 13.1 Å². The normalized spacial score (nSPS) is 15.6. The van der Waals surface area contributed by atoms with Crippen LogP contribution in [-0.2, 0) is 12.8 Å². The maximum atomic E-state index is 12.5. The van der Waals surface area contributed by atoms with Crippen LogP contribution in [-0.4, -0.2) is 30.9 Å². The largest absolute Gasteiger partial charge is 0.340 e. The average Bonchev–Trinajstić information content (AvgIpc) is 2.68. The lowest BCUT2D eigenvalue weighted by Gasteiger charge is -2.28. The molecule has 112 valence electrons. The summed E-state index contributed by atoms with van der Waals surface area (Å²) in [5.41, 5.74) is 7.13. The van der Waals surface area contributed by atoms with Gasteiger partial charge in [-0.1, -0.05) is 20.3 Å². The molecular weight excluding hydrogens is 268 g/mol. The van der Waals surface area contributed by atoms with Crippen molar-refractivity contribution < 1.29 is 4.79 Å². The lowest BCUT2D eigenvalue weighted by atomic mass is 9.93. The first-order chi connectivity index (χ1) is 9.43. The van der Waals surface area contributed by atoms with Gasteiger partial charge in [-0.2, -0.15) is 0 Å². The number of aryl methyl sites for hydroxylation is 2. The molecule has 1 aromatic heterocycles. The van der Waals surface area contributed by atoms with Gasteiger partial charge in [-0.3, -0.25) is 4.79 Å². The van der Waals surface area contributed by atoms with Crippen molar-refractivity contribution in [3.8, 4) is 0 Å². The summed E-state index contributed by atoms with van der Waals surface area (Å²) in [7, 11) is 1.88. The fourth-order valence-electron chi connectivity index (χ4n) is 2.74. The zero-order chi connectivity index (χ0) is 14.8. The minimum atomic E-state index is -0.0290. The molecule has 4 heteroatoms. The van der Waals surface area contributed by atoms with Crippen molar-refractivity contribution in [2.24, 2.45) is 11.1 Å². The number of rotatable bonds is 4. The lowest BCUT2D eigenvalue weighted by Crippen LogP contribution is -2.39. The summed E-state index contributed by atoms with van der Waals surface area (Å²) in [5, 5.41) is 0. The van der Waals surface area contributed by atoms with Crippen LogP contribution in [0.5, 0.6) is 0 Å². The third kappa shape index (κ3) is 3.61. The van der Waals surface area contributed by atoms with Gasteiger partial charge >= 0.3 is 0 Å². The van der Waals surface area contributed by atoms with Crippen LogP contribution in [0.1, 0.15) is 53.2 Å². The van der Waals surface area contributed by atoms with E-state index in [4.69, 9.17) is 5.73 Å². The molecule has 0 bridgehead atoms. The van der Waals surface area contributed by atoms with Crippen molar-refractivity contribution in [1.82, 2.24) is 4.90 Å². The first-order valence-corrected chi connectivity index (χ1v) is 8.32. The van der Waals surface area contributed by atoms with Crippen molar-refractivity contribution in [3.05, 3.63) is 21.4 Å². The Labute approximate surface area is 126 Å². The van der Waals surface area contributed by atoms with E-state index in [9.17, 15) is 4.79 Å². The van der Waals surface area contributed by atoms with E-state index in [1.165, 1.54) is 29.7 Å². The maximum Gasteiger partial charge on any atom is 0.263 e. The SMILES string of the molecule is CN(CC(C)(C)CN)C(=O)c1cc2c(s1)CCCCC2. The van der Waals surface area contributed by atoms with Crippen LogP contribution in [0.4, 0.5) is 0 Å². The Morgan fingerprint density at radius 2 is 2.05 bits per heavy atom. The van der Waals surface area contributed by atoms with Crippen LogP contribution >= 0.6 is 11.3 Å². The third-order valence-electron chi connectivity index (χ3n) is 4.02. The van der Waals surface area contributed by atoms with Gasteiger partial charge in [0, 0.05) is 18.5 Å². The predicted molar refractivity (Wildman–Crippen MR) is 85.4 cm³/mol. The number of carbonyl (C=O) groups is 1. The van der Waals surface area contributed by atoms with Crippen molar-refractivity contribution in [2.45, 2.75) is 46.0 Å². The van der Waals surface area contributed by atoms with Gasteiger partial charge in [0.15, 0.2) is 0 Å². The molecule has 3 nitrogen and oxygen atoms in total. The lowest BCUT2D eigenvalue weighted by molar-refractivity contribution is 0.0745. The summed E-state index contributed by atoms with van der Waals surface area (Å²) < 4.78 is 0. The van der Waals surface area contributed by atoms with Gasteiger partial charge in [-0.15, -0.1) is 11.3 Å². The van der Waals surface area contributed by atoms with Gasteiger partial charge in [0.05, 0.1) is 4.88 Å². The Morgan fingerprint density at radius 1 is 1.35 bits per heavy atom. The molecule has 20 heavy (non-hydrogen) atoms. The molecule has 0 fully saturated rings. The number of amides is 1. The molecule has 0 aliphatic heterocycles. The quantitative estimate of drug-likeness (QED) is 0.868. The second kappa shape index (κ2) is 6.27. The molecule has 2 rings (SSSR count). The molecule has 1 aromatic rings. The fraction of sp³-hybridized carbons (Fsp3) is 0.688. The van der Waals surface area contributed by atoms with E-state index >= 15 is 0 Å². The zero-order valence-corrected chi connectivity index (χ0v) is 13.7. The highest BCUT2D eigenvalue weighted by Crippen LogP contribution is 2.30. The van der Waals surface area contributed by atoms with Crippen LogP contribution in [0, 0.1) is 5.41 Å². The van der Waals surface area contributed by atoms with Crippen LogP contribution in [0.3, 0.4) is 0 Å². The summed E-state index contributed by atoms with van der Waals surface area (Å²) >= 11 is 1.70. The Kier molecular flexibility index (Phi) is 4.86. The molecule has 0 spiro atoms. The molecule has 0 saturated heterocycles. The molecule has 1 amide bonds. The summed E-state index contributed by atoms with van der Waals surface area (Å²) in [6, 6.07) is 2.12. The van der Waals surface area contributed by atoms with Gasteiger partial charge in [0.1, 0.15) is 0 Å². The summed E-state index contributed by atoms with van der Waals surface area (Å²) in [4.78, 5) is 16.7. The number of hydrogen-bond acceptors (Lipinski definition) is 3. The molecule has 0 atom stereocenters. The molecular formula is C16H26N2OS.